The summed E-state index contributed by atoms with van der Waals surface area (Å²) in [5, 5.41) is 0. The van der Waals surface area contributed by atoms with Gasteiger partial charge in [0.05, 0.1) is 12.7 Å². The number of likely N-dealkylation sites (tertiary alicyclic amines) is 1. The molecule has 1 fully saturated rings. The Morgan fingerprint density at radius 3 is 2.96 bits per heavy atom. The van der Waals surface area contributed by atoms with Crippen LogP contribution in [-0.2, 0) is 11.3 Å². The molecule has 2 aromatic heterocycles. The first-order valence-electron chi connectivity index (χ1n) is 8.37. The Bertz CT molecular complexity index is 685. The molecular weight excluding hydrogens is 304 g/mol. The quantitative estimate of drug-likeness (QED) is 0.844. The Morgan fingerprint density at radius 2 is 2.33 bits per heavy atom. The van der Waals surface area contributed by atoms with Crippen LogP contribution in [0.15, 0.2) is 35.1 Å². The van der Waals surface area contributed by atoms with Crippen molar-refractivity contribution in [1.29, 1.82) is 0 Å². The second-order valence-electron chi connectivity index (χ2n) is 6.41. The molecule has 1 aliphatic heterocycles. The second kappa shape index (κ2) is 7.13. The predicted molar refractivity (Wildman–Crippen MR) is 90.1 cm³/mol. The lowest BCUT2D eigenvalue weighted by Crippen LogP contribution is -2.40. The van der Waals surface area contributed by atoms with Crippen LogP contribution in [0.5, 0.6) is 0 Å². The first kappa shape index (κ1) is 16.6. The van der Waals surface area contributed by atoms with Gasteiger partial charge in [0.1, 0.15) is 5.76 Å². The second-order valence-corrected chi connectivity index (χ2v) is 6.41. The number of amides is 1. The van der Waals surface area contributed by atoms with Gasteiger partial charge in [-0.05, 0) is 31.9 Å². The van der Waals surface area contributed by atoms with E-state index in [-0.39, 0.29) is 11.9 Å². The van der Waals surface area contributed by atoms with Gasteiger partial charge in [0, 0.05) is 44.5 Å². The minimum atomic E-state index is 0.0618. The predicted octanol–water partition coefficient (Wildman–Crippen LogP) is 2.56. The SMILES string of the molecule is CC(=O)N(Cc1ncc(C)o1)[C@H]1CCN([C@@H](C)c2cccnc2)C1. The molecule has 1 aliphatic rings. The van der Waals surface area contributed by atoms with E-state index in [2.05, 4.69) is 27.9 Å². The lowest BCUT2D eigenvalue weighted by molar-refractivity contribution is -0.132. The normalized spacial score (nSPS) is 19.4. The number of carbonyl (C=O) groups is 1. The van der Waals surface area contributed by atoms with Crippen molar-refractivity contribution in [2.45, 2.75) is 45.8 Å². The van der Waals surface area contributed by atoms with Crippen LogP contribution in [0.25, 0.3) is 0 Å². The highest BCUT2D eigenvalue weighted by Gasteiger charge is 2.32. The molecule has 1 amide bonds. The van der Waals surface area contributed by atoms with Crippen LogP contribution < -0.4 is 0 Å². The molecule has 2 aromatic rings. The number of hydrogen-bond donors (Lipinski definition) is 0. The maximum absolute atomic E-state index is 12.1. The molecule has 24 heavy (non-hydrogen) atoms. The molecule has 2 atom stereocenters. The first-order chi connectivity index (χ1) is 11.5. The standard InChI is InChI=1S/C18H24N4O2/c1-13-9-20-18(24-13)12-22(15(3)23)17-6-8-21(11-17)14(2)16-5-4-7-19-10-16/h4-5,7,9-10,14,17H,6,8,11-12H2,1-3H3/t14-,17-/m0/s1. The highest BCUT2D eigenvalue weighted by atomic mass is 16.4. The van der Waals surface area contributed by atoms with Crippen molar-refractivity contribution < 1.29 is 9.21 Å². The number of carbonyl (C=O) groups excluding carboxylic acids is 1. The molecule has 0 unspecified atom stereocenters. The zero-order valence-corrected chi connectivity index (χ0v) is 14.5. The molecule has 0 radical (unpaired) electrons. The van der Waals surface area contributed by atoms with Gasteiger partial charge in [0.15, 0.2) is 0 Å². The van der Waals surface area contributed by atoms with E-state index < -0.39 is 0 Å². The molecule has 3 rings (SSSR count). The fourth-order valence-electron chi connectivity index (χ4n) is 3.33. The molecule has 6 nitrogen and oxygen atoms in total. The summed E-state index contributed by atoms with van der Waals surface area (Å²) >= 11 is 0. The first-order valence-corrected chi connectivity index (χ1v) is 8.37. The third-order valence-electron chi connectivity index (χ3n) is 4.73. The Balaban J connectivity index is 1.67. The minimum Gasteiger partial charge on any atom is -0.444 e. The number of oxazole rings is 1. The van der Waals surface area contributed by atoms with Crippen molar-refractivity contribution in [3.8, 4) is 0 Å². The summed E-state index contributed by atoms with van der Waals surface area (Å²) in [6.07, 6.45) is 6.36. The van der Waals surface area contributed by atoms with E-state index in [9.17, 15) is 4.79 Å². The summed E-state index contributed by atoms with van der Waals surface area (Å²) in [7, 11) is 0. The topological polar surface area (TPSA) is 62.5 Å². The molecule has 0 spiro atoms. The Kier molecular flexibility index (Phi) is 4.94. The van der Waals surface area contributed by atoms with Crippen molar-refractivity contribution in [3.05, 3.63) is 47.9 Å². The van der Waals surface area contributed by atoms with Gasteiger partial charge < -0.3 is 9.32 Å². The summed E-state index contributed by atoms with van der Waals surface area (Å²) in [4.78, 5) is 24.8. The summed E-state index contributed by atoms with van der Waals surface area (Å²) in [6, 6.07) is 4.55. The molecule has 0 saturated carbocycles. The fourth-order valence-corrected chi connectivity index (χ4v) is 3.33. The van der Waals surface area contributed by atoms with E-state index in [1.165, 1.54) is 5.56 Å². The van der Waals surface area contributed by atoms with E-state index in [4.69, 9.17) is 4.42 Å². The van der Waals surface area contributed by atoms with Crippen LogP contribution in [0.3, 0.4) is 0 Å². The summed E-state index contributed by atoms with van der Waals surface area (Å²) in [6.45, 7) is 7.92. The maximum atomic E-state index is 12.1. The number of hydrogen-bond acceptors (Lipinski definition) is 5. The molecule has 3 heterocycles. The van der Waals surface area contributed by atoms with Crippen molar-refractivity contribution >= 4 is 5.91 Å². The van der Waals surface area contributed by atoms with E-state index >= 15 is 0 Å². The molecule has 6 heteroatoms. The monoisotopic (exact) mass is 328 g/mol. The number of aromatic nitrogens is 2. The van der Waals surface area contributed by atoms with Crippen LogP contribution >= 0.6 is 0 Å². The van der Waals surface area contributed by atoms with Crippen LogP contribution in [0.4, 0.5) is 0 Å². The summed E-state index contributed by atoms with van der Waals surface area (Å²) in [5.41, 5.74) is 1.20. The van der Waals surface area contributed by atoms with Crippen LogP contribution in [0, 0.1) is 6.92 Å². The lowest BCUT2D eigenvalue weighted by Gasteiger charge is -2.29. The van der Waals surface area contributed by atoms with E-state index in [0.717, 1.165) is 25.3 Å². The molecule has 128 valence electrons. The summed E-state index contributed by atoms with van der Waals surface area (Å²) < 4.78 is 5.54. The third kappa shape index (κ3) is 3.64. The van der Waals surface area contributed by atoms with Crippen molar-refractivity contribution in [1.82, 2.24) is 19.8 Å². The number of rotatable bonds is 5. The molecule has 0 bridgehead atoms. The van der Waals surface area contributed by atoms with Crippen molar-refractivity contribution in [2.75, 3.05) is 13.1 Å². The van der Waals surface area contributed by atoms with E-state index in [1.807, 2.05) is 24.1 Å². The van der Waals surface area contributed by atoms with Crippen molar-refractivity contribution in [3.63, 3.8) is 0 Å². The third-order valence-corrected chi connectivity index (χ3v) is 4.73. The number of nitrogens with zero attached hydrogens (tertiary/aromatic N) is 4. The smallest absolute Gasteiger partial charge is 0.220 e. The zero-order valence-electron chi connectivity index (χ0n) is 14.5. The van der Waals surface area contributed by atoms with Gasteiger partial charge in [-0.2, -0.15) is 0 Å². The maximum Gasteiger partial charge on any atom is 0.220 e. The Morgan fingerprint density at radius 1 is 1.50 bits per heavy atom. The Labute approximate surface area is 142 Å². The van der Waals surface area contributed by atoms with Crippen molar-refractivity contribution in [2.24, 2.45) is 0 Å². The lowest BCUT2D eigenvalue weighted by atomic mass is 10.1. The van der Waals surface area contributed by atoms with Gasteiger partial charge in [-0.15, -0.1) is 0 Å². The van der Waals surface area contributed by atoms with Crippen LogP contribution in [0.2, 0.25) is 0 Å². The van der Waals surface area contributed by atoms with Gasteiger partial charge in [0.2, 0.25) is 11.8 Å². The van der Waals surface area contributed by atoms with Gasteiger partial charge in [-0.3, -0.25) is 14.7 Å². The summed E-state index contributed by atoms with van der Waals surface area (Å²) in [5.74, 6) is 1.43. The number of pyridine rings is 1. The molecular formula is C18H24N4O2. The molecule has 1 saturated heterocycles. The average Bonchev–Trinajstić information content (AvgIpc) is 3.21. The van der Waals surface area contributed by atoms with Crippen LogP contribution in [0.1, 0.15) is 43.5 Å². The fraction of sp³-hybridized carbons (Fsp3) is 0.500. The average molecular weight is 328 g/mol. The highest BCUT2D eigenvalue weighted by molar-refractivity contribution is 5.73. The van der Waals surface area contributed by atoms with Gasteiger partial charge in [-0.25, -0.2) is 4.98 Å². The largest absolute Gasteiger partial charge is 0.444 e. The van der Waals surface area contributed by atoms with E-state index in [0.29, 0.717) is 18.5 Å². The Hall–Kier alpha value is -2.21. The zero-order chi connectivity index (χ0) is 17.1. The van der Waals surface area contributed by atoms with Gasteiger partial charge >= 0.3 is 0 Å². The highest BCUT2D eigenvalue weighted by Crippen LogP contribution is 2.27. The minimum absolute atomic E-state index is 0.0618. The van der Waals surface area contributed by atoms with Gasteiger partial charge in [0.25, 0.3) is 0 Å². The molecule has 0 aliphatic carbocycles. The molecule has 0 N–H and O–H groups in total. The van der Waals surface area contributed by atoms with E-state index in [1.54, 1.807) is 19.3 Å². The number of aryl methyl sites for hydroxylation is 1. The van der Waals surface area contributed by atoms with Crippen LogP contribution in [-0.4, -0.2) is 44.8 Å². The molecule has 0 aromatic carbocycles. The van der Waals surface area contributed by atoms with Gasteiger partial charge in [-0.1, -0.05) is 6.07 Å².